The number of methoxy groups -OCH3 is 1. The van der Waals surface area contributed by atoms with Crippen LogP contribution < -0.4 is 9.47 Å². The Balaban J connectivity index is 0.00000249. The molecule has 0 aliphatic carbocycles. The summed E-state index contributed by atoms with van der Waals surface area (Å²) in [6, 6.07) is 0. The average molecular weight is 447 g/mol. The zero-order chi connectivity index (χ0) is 24.3. The van der Waals surface area contributed by atoms with Crippen molar-refractivity contribution in [3.8, 4) is 11.5 Å². The number of hydrogen-bond acceptors (Lipinski definition) is 6. The van der Waals surface area contributed by atoms with Crippen LogP contribution in [0, 0.1) is 6.92 Å². The normalized spacial score (nSPS) is 13.3. The van der Waals surface area contributed by atoms with Gasteiger partial charge in [0, 0.05) is 17.5 Å². The maximum atomic E-state index is 12.3. The lowest BCUT2D eigenvalue weighted by atomic mass is 9.94. The molecule has 6 heteroatoms. The molecule has 0 radical (unpaired) electrons. The van der Waals surface area contributed by atoms with Crippen LogP contribution in [0.1, 0.15) is 80.9 Å². The summed E-state index contributed by atoms with van der Waals surface area (Å²) < 4.78 is 22.1. The summed E-state index contributed by atoms with van der Waals surface area (Å²) in [5.74, 6) is 0.590. The van der Waals surface area contributed by atoms with Gasteiger partial charge >= 0.3 is 11.9 Å². The minimum atomic E-state index is -0.385. The highest BCUT2D eigenvalue weighted by atomic mass is 16.5. The molecule has 0 amide bonds. The molecule has 6 nitrogen and oxygen atoms in total. The number of ether oxygens (including phenoxy) is 4. The second-order valence-corrected chi connectivity index (χ2v) is 7.46. The fourth-order valence-corrected chi connectivity index (χ4v) is 3.36. The predicted molar refractivity (Wildman–Crippen MR) is 126 cm³/mol. The van der Waals surface area contributed by atoms with E-state index in [0.29, 0.717) is 36.3 Å². The molecule has 0 fully saturated rings. The van der Waals surface area contributed by atoms with Crippen molar-refractivity contribution in [2.75, 3.05) is 13.7 Å². The number of fused-ring (bicyclic) bond motifs is 1. The molecule has 1 unspecified atom stereocenters. The van der Waals surface area contributed by atoms with Gasteiger partial charge in [0.1, 0.15) is 30.3 Å². The predicted octanol–water partition coefficient (Wildman–Crippen LogP) is 5.88. The summed E-state index contributed by atoms with van der Waals surface area (Å²) in [7, 11) is 1.61. The van der Waals surface area contributed by atoms with Crippen LogP contribution >= 0.6 is 0 Å². The van der Waals surface area contributed by atoms with Crippen molar-refractivity contribution in [1.29, 1.82) is 0 Å². The molecule has 0 aromatic heterocycles. The lowest BCUT2D eigenvalue weighted by Gasteiger charge is -2.19. The number of esters is 2. The van der Waals surface area contributed by atoms with E-state index in [1.807, 2.05) is 47.6 Å². The van der Waals surface area contributed by atoms with Crippen LogP contribution in [0.2, 0.25) is 0 Å². The van der Waals surface area contributed by atoms with E-state index in [1.54, 1.807) is 13.2 Å². The van der Waals surface area contributed by atoms with Gasteiger partial charge in [-0.05, 0) is 45.6 Å². The maximum absolute atomic E-state index is 12.3. The third-order valence-electron chi connectivity index (χ3n) is 5.26. The van der Waals surface area contributed by atoms with Gasteiger partial charge in [-0.15, -0.1) is 0 Å². The van der Waals surface area contributed by atoms with Gasteiger partial charge in [-0.1, -0.05) is 45.1 Å². The van der Waals surface area contributed by atoms with E-state index in [0.717, 1.165) is 28.7 Å². The van der Waals surface area contributed by atoms with Gasteiger partial charge in [-0.2, -0.15) is 0 Å². The summed E-state index contributed by atoms with van der Waals surface area (Å²) >= 11 is 0. The Hall–Kier alpha value is -2.76. The van der Waals surface area contributed by atoms with Crippen LogP contribution in [0.3, 0.4) is 0 Å². The zero-order valence-corrected chi connectivity index (χ0v) is 20.6. The van der Waals surface area contributed by atoms with E-state index in [9.17, 15) is 9.59 Å². The van der Waals surface area contributed by atoms with Crippen molar-refractivity contribution in [1.82, 2.24) is 0 Å². The monoisotopic (exact) mass is 446 g/mol. The number of rotatable bonds is 11. The van der Waals surface area contributed by atoms with Crippen molar-refractivity contribution in [2.45, 2.75) is 79.9 Å². The summed E-state index contributed by atoms with van der Waals surface area (Å²) in [6.07, 6.45) is 5.83. The molecule has 0 saturated carbocycles. The van der Waals surface area contributed by atoms with E-state index < -0.39 is 0 Å². The van der Waals surface area contributed by atoms with E-state index in [1.165, 1.54) is 0 Å². The Morgan fingerprint density at radius 3 is 2.53 bits per heavy atom. The van der Waals surface area contributed by atoms with Crippen molar-refractivity contribution >= 4 is 11.9 Å². The Bertz CT molecular complexity index is 837. The van der Waals surface area contributed by atoms with Crippen LogP contribution in [0.4, 0.5) is 0 Å². The molecule has 0 spiro atoms. The number of allylic oxidation sites excluding steroid dienone is 2. The number of hydrogen-bond donors (Lipinski definition) is 0. The first-order valence-corrected chi connectivity index (χ1v) is 11.3. The van der Waals surface area contributed by atoms with Crippen molar-refractivity contribution < 1.29 is 28.5 Å². The van der Waals surface area contributed by atoms with Gasteiger partial charge in [0.25, 0.3) is 0 Å². The van der Waals surface area contributed by atoms with Crippen LogP contribution in [-0.4, -0.2) is 31.8 Å². The molecular formula is C26H38O6. The van der Waals surface area contributed by atoms with Gasteiger partial charge in [0.2, 0.25) is 0 Å². The number of carbonyl (C=O) groups excluding carboxylic acids is 2. The second kappa shape index (κ2) is 13.6. The standard InChI is InChI=1S/C24H32O6.C2H6/c1-7-13-28-23-18(11-9-15(3)10-12-20(25)30-16(4)8-2)22(27-6)17(5)19-14-29-24(26)21(19)23;1-2/h7,9,16H,1,8,10-14H2,2-6H3;1-2H3/b15-9+;. The van der Waals surface area contributed by atoms with Crippen molar-refractivity contribution in [3.63, 3.8) is 0 Å². The van der Waals surface area contributed by atoms with Gasteiger partial charge in [0.05, 0.1) is 13.2 Å². The number of benzene rings is 1. The fraction of sp³-hybridized carbons (Fsp3) is 0.538. The molecular weight excluding hydrogens is 408 g/mol. The van der Waals surface area contributed by atoms with Crippen LogP contribution in [0.25, 0.3) is 0 Å². The Kier molecular flexibility index (Phi) is 11.6. The van der Waals surface area contributed by atoms with E-state index in [4.69, 9.17) is 18.9 Å². The fourth-order valence-electron chi connectivity index (χ4n) is 3.36. The summed E-state index contributed by atoms with van der Waals surface area (Å²) in [4.78, 5) is 24.3. The molecule has 1 aromatic rings. The Morgan fingerprint density at radius 2 is 1.94 bits per heavy atom. The molecule has 178 valence electrons. The summed E-state index contributed by atoms with van der Waals surface area (Å²) in [5.41, 5.74) is 3.98. The topological polar surface area (TPSA) is 71.1 Å². The minimum absolute atomic E-state index is 0.0650. The summed E-state index contributed by atoms with van der Waals surface area (Å²) in [6.45, 7) is 15.9. The van der Waals surface area contributed by atoms with Crippen LogP contribution in [0.15, 0.2) is 24.3 Å². The Morgan fingerprint density at radius 1 is 1.25 bits per heavy atom. The van der Waals surface area contributed by atoms with E-state index >= 15 is 0 Å². The second-order valence-electron chi connectivity index (χ2n) is 7.46. The Labute approximate surface area is 192 Å². The molecule has 32 heavy (non-hydrogen) atoms. The van der Waals surface area contributed by atoms with Gasteiger partial charge in [0.15, 0.2) is 0 Å². The molecule has 1 aromatic carbocycles. The SMILES string of the molecule is C=CCOc1c(C/C=C(\C)CCC(=O)OC(C)CC)c(OC)c(C)c2c1C(=O)OC2.CC. The highest BCUT2D eigenvalue weighted by Gasteiger charge is 2.33. The number of carbonyl (C=O) groups is 2. The van der Waals surface area contributed by atoms with Crippen molar-refractivity contribution in [3.05, 3.63) is 46.6 Å². The largest absolute Gasteiger partial charge is 0.496 e. The first-order chi connectivity index (χ1) is 15.3. The maximum Gasteiger partial charge on any atom is 0.342 e. The zero-order valence-electron chi connectivity index (χ0n) is 20.6. The highest BCUT2D eigenvalue weighted by molar-refractivity contribution is 5.98. The quantitative estimate of drug-likeness (QED) is 0.312. The van der Waals surface area contributed by atoms with Crippen LogP contribution in [0.5, 0.6) is 11.5 Å². The third-order valence-corrected chi connectivity index (χ3v) is 5.26. The molecule has 1 aliphatic heterocycles. The molecule has 1 aliphatic rings. The van der Waals surface area contributed by atoms with E-state index in [2.05, 4.69) is 6.58 Å². The molecule has 0 N–H and O–H groups in total. The van der Waals surface area contributed by atoms with Crippen molar-refractivity contribution in [2.24, 2.45) is 0 Å². The van der Waals surface area contributed by atoms with Gasteiger partial charge in [-0.3, -0.25) is 4.79 Å². The molecule has 0 bridgehead atoms. The molecule has 0 saturated heterocycles. The molecule has 1 heterocycles. The number of cyclic esters (lactones) is 1. The summed E-state index contributed by atoms with van der Waals surface area (Å²) in [5, 5.41) is 0. The lowest BCUT2D eigenvalue weighted by molar-refractivity contribution is -0.148. The lowest BCUT2D eigenvalue weighted by Crippen LogP contribution is -2.13. The third kappa shape index (κ3) is 6.87. The first kappa shape index (κ1) is 27.3. The van der Waals surface area contributed by atoms with E-state index in [-0.39, 0.29) is 31.3 Å². The molecule has 2 rings (SSSR count). The average Bonchev–Trinajstić information content (AvgIpc) is 3.18. The van der Waals surface area contributed by atoms with Crippen LogP contribution in [-0.2, 0) is 27.3 Å². The minimum Gasteiger partial charge on any atom is -0.496 e. The first-order valence-electron chi connectivity index (χ1n) is 11.3. The molecule has 1 atom stereocenters. The van der Waals surface area contributed by atoms with Gasteiger partial charge < -0.3 is 18.9 Å². The highest BCUT2D eigenvalue weighted by Crippen LogP contribution is 2.42. The smallest absolute Gasteiger partial charge is 0.342 e. The van der Waals surface area contributed by atoms with Gasteiger partial charge in [-0.25, -0.2) is 4.79 Å².